The van der Waals surface area contributed by atoms with Crippen molar-refractivity contribution in [2.24, 2.45) is 0 Å². The van der Waals surface area contributed by atoms with Crippen LogP contribution in [0.4, 0.5) is 10.7 Å². The second-order valence-corrected chi connectivity index (χ2v) is 10.6. The number of hydrogen-bond donors (Lipinski definition) is 2. The van der Waals surface area contributed by atoms with Crippen LogP contribution in [0.15, 0.2) is 59.5 Å². The van der Waals surface area contributed by atoms with Crippen molar-refractivity contribution in [3.05, 3.63) is 76.2 Å². The van der Waals surface area contributed by atoms with E-state index in [1.807, 2.05) is 0 Å². The van der Waals surface area contributed by atoms with Crippen molar-refractivity contribution in [3.8, 4) is 0 Å². The first-order valence-corrected chi connectivity index (χ1v) is 13.1. The first-order chi connectivity index (χ1) is 16.3. The third-order valence-electron chi connectivity index (χ3n) is 5.65. The van der Waals surface area contributed by atoms with Crippen LogP contribution in [0.3, 0.4) is 0 Å². The van der Waals surface area contributed by atoms with Gasteiger partial charge in [-0.05, 0) is 54.9 Å². The third kappa shape index (κ3) is 4.98. The molecule has 2 N–H and O–H groups in total. The lowest BCUT2D eigenvalue weighted by atomic mass is 10.0. The number of esters is 1. The highest BCUT2D eigenvalue weighted by molar-refractivity contribution is 7.92. The predicted molar refractivity (Wildman–Crippen MR) is 132 cm³/mol. The highest BCUT2D eigenvalue weighted by Crippen LogP contribution is 2.37. The summed E-state index contributed by atoms with van der Waals surface area (Å²) in [6.07, 6.45) is 0.718. The van der Waals surface area contributed by atoms with E-state index in [0.29, 0.717) is 21.8 Å². The number of nitrogens with one attached hydrogen (secondary N) is 2. The Balaban J connectivity index is 1.52. The molecule has 3 aromatic rings. The number of likely N-dealkylation sites (N-methyl/N-ethyl adjacent to an activating group) is 1. The summed E-state index contributed by atoms with van der Waals surface area (Å²) in [5.41, 5.74) is 2.02. The van der Waals surface area contributed by atoms with Gasteiger partial charge in [-0.15, -0.1) is 11.3 Å². The van der Waals surface area contributed by atoms with Gasteiger partial charge in [0.15, 0.2) is 0 Å². The summed E-state index contributed by atoms with van der Waals surface area (Å²) in [5, 5.41) is 3.31. The fourth-order valence-corrected chi connectivity index (χ4v) is 6.16. The average molecular weight is 500 g/mol. The molecular weight excluding hydrogens is 474 g/mol. The Hall–Kier alpha value is -3.21. The SMILES string of the molecule is CCN1CCc2c(sc(NC(=O)c3ccc(NS(=O)(=O)c4ccccc4)cc3)c2C(=O)OC)C1. The van der Waals surface area contributed by atoms with Gasteiger partial charge in [0.25, 0.3) is 15.9 Å². The Morgan fingerprint density at radius 2 is 1.79 bits per heavy atom. The van der Waals surface area contributed by atoms with Crippen LogP contribution in [0.2, 0.25) is 0 Å². The van der Waals surface area contributed by atoms with Gasteiger partial charge in [-0.25, -0.2) is 13.2 Å². The van der Waals surface area contributed by atoms with E-state index in [-0.39, 0.29) is 4.90 Å². The van der Waals surface area contributed by atoms with Crippen LogP contribution in [0.1, 0.15) is 38.1 Å². The Morgan fingerprint density at radius 1 is 1.09 bits per heavy atom. The van der Waals surface area contributed by atoms with Crippen LogP contribution in [-0.2, 0) is 27.7 Å². The van der Waals surface area contributed by atoms with Crippen LogP contribution in [0.5, 0.6) is 0 Å². The number of nitrogens with zero attached hydrogens (tertiary/aromatic N) is 1. The number of hydrogen-bond acceptors (Lipinski definition) is 7. The molecule has 34 heavy (non-hydrogen) atoms. The zero-order chi connectivity index (χ0) is 24.3. The summed E-state index contributed by atoms with van der Waals surface area (Å²) in [7, 11) is -2.40. The van der Waals surface area contributed by atoms with Gasteiger partial charge in [0.2, 0.25) is 0 Å². The minimum Gasteiger partial charge on any atom is -0.465 e. The number of rotatable bonds is 7. The monoisotopic (exact) mass is 499 g/mol. The second kappa shape index (κ2) is 9.96. The second-order valence-electron chi connectivity index (χ2n) is 7.77. The van der Waals surface area contributed by atoms with Crippen molar-refractivity contribution in [1.82, 2.24) is 4.90 Å². The number of carbonyl (C=O) groups is 2. The number of fused-ring (bicyclic) bond motifs is 1. The van der Waals surface area contributed by atoms with Crippen LogP contribution < -0.4 is 10.0 Å². The molecule has 1 aliphatic rings. The number of methoxy groups -OCH3 is 1. The van der Waals surface area contributed by atoms with Crippen molar-refractivity contribution in [2.75, 3.05) is 30.2 Å². The van der Waals surface area contributed by atoms with Crippen molar-refractivity contribution >= 4 is 43.9 Å². The molecule has 10 heteroatoms. The first-order valence-electron chi connectivity index (χ1n) is 10.8. The van der Waals surface area contributed by atoms with Gasteiger partial charge in [0.1, 0.15) is 5.00 Å². The summed E-state index contributed by atoms with van der Waals surface area (Å²) in [6.45, 7) is 4.57. The molecule has 8 nitrogen and oxygen atoms in total. The number of sulfonamides is 1. The standard InChI is InChI=1S/C24H25N3O5S2/c1-3-27-14-13-19-20(15-27)33-23(21(19)24(29)32-2)25-22(28)16-9-11-17(12-10-16)26-34(30,31)18-7-5-4-6-8-18/h4-12,26H,3,13-15H2,1-2H3,(H,25,28). The van der Waals surface area contributed by atoms with Gasteiger partial charge in [0.05, 0.1) is 17.6 Å². The number of benzene rings is 2. The summed E-state index contributed by atoms with van der Waals surface area (Å²) in [5.74, 6) is -0.864. The molecule has 0 unspecified atom stereocenters. The van der Waals surface area contributed by atoms with Gasteiger partial charge in [-0.1, -0.05) is 25.1 Å². The van der Waals surface area contributed by atoms with E-state index in [9.17, 15) is 18.0 Å². The lowest BCUT2D eigenvalue weighted by molar-refractivity contribution is 0.0600. The molecule has 2 aromatic carbocycles. The van der Waals surface area contributed by atoms with Crippen LogP contribution in [0, 0.1) is 0 Å². The average Bonchev–Trinajstić information content (AvgIpc) is 3.21. The first kappa shape index (κ1) is 23.9. The lowest BCUT2D eigenvalue weighted by Gasteiger charge is -2.25. The Labute approximate surface area is 202 Å². The van der Waals surface area contributed by atoms with Crippen molar-refractivity contribution in [2.45, 2.75) is 24.8 Å². The molecule has 1 aromatic heterocycles. The molecule has 2 heterocycles. The minimum absolute atomic E-state index is 0.149. The van der Waals surface area contributed by atoms with Crippen molar-refractivity contribution in [3.63, 3.8) is 0 Å². The van der Waals surface area contributed by atoms with Crippen molar-refractivity contribution < 1.29 is 22.7 Å². The lowest BCUT2D eigenvalue weighted by Crippen LogP contribution is -2.29. The molecule has 1 aliphatic heterocycles. The van der Waals surface area contributed by atoms with Gasteiger partial charge in [-0.2, -0.15) is 0 Å². The Bertz CT molecular complexity index is 1300. The zero-order valence-corrected chi connectivity index (χ0v) is 20.5. The van der Waals surface area contributed by atoms with E-state index in [1.165, 1.54) is 54.8 Å². The largest absolute Gasteiger partial charge is 0.465 e. The van der Waals surface area contributed by atoms with Gasteiger partial charge in [-0.3, -0.25) is 14.4 Å². The fourth-order valence-electron chi connectivity index (χ4n) is 3.81. The highest BCUT2D eigenvalue weighted by Gasteiger charge is 2.29. The van der Waals surface area contributed by atoms with E-state index in [4.69, 9.17) is 4.74 Å². The molecule has 0 saturated carbocycles. The molecule has 1 amide bonds. The summed E-state index contributed by atoms with van der Waals surface area (Å²) in [6, 6.07) is 14.1. The third-order valence-corrected chi connectivity index (χ3v) is 8.18. The number of anilines is 2. The summed E-state index contributed by atoms with van der Waals surface area (Å²) >= 11 is 1.39. The Kier molecular flexibility index (Phi) is 7.01. The summed E-state index contributed by atoms with van der Waals surface area (Å²) in [4.78, 5) is 28.9. The van der Waals surface area contributed by atoms with Crippen molar-refractivity contribution in [1.29, 1.82) is 0 Å². The number of carbonyl (C=O) groups excluding carboxylic acids is 2. The zero-order valence-electron chi connectivity index (χ0n) is 18.8. The quantitative estimate of drug-likeness (QED) is 0.477. The normalized spacial score (nSPS) is 13.7. The maximum Gasteiger partial charge on any atom is 0.341 e. The molecule has 4 rings (SSSR count). The summed E-state index contributed by atoms with van der Waals surface area (Å²) < 4.78 is 32.5. The van der Waals surface area contributed by atoms with Gasteiger partial charge >= 0.3 is 5.97 Å². The molecule has 0 saturated heterocycles. The minimum atomic E-state index is -3.73. The van der Waals surface area contributed by atoms with E-state index in [0.717, 1.165) is 36.5 Å². The van der Waals surface area contributed by atoms with Gasteiger partial charge < -0.3 is 10.1 Å². The number of ether oxygens (including phenoxy) is 1. The van der Waals surface area contributed by atoms with Crippen LogP contribution >= 0.6 is 11.3 Å². The molecule has 0 atom stereocenters. The maximum absolute atomic E-state index is 12.9. The van der Waals surface area contributed by atoms with E-state index >= 15 is 0 Å². The molecule has 0 bridgehead atoms. The topological polar surface area (TPSA) is 105 Å². The van der Waals surface area contributed by atoms with Gasteiger partial charge in [0, 0.05) is 29.2 Å². The molecule has 0 spiro atoms. The molecule has 178 valence electrons. The number of amides is 1. The molecular formula is C24H25N3O5S2. The molecule has 0 fully saturated rings. The van der Waals surface area contributed by atoms with Crippen LogP contribution in [-0.4, -0.2) is 45.4 Å². The molecule has 0 aliphatic carbocycles. The van der Waals surface area contributed by atoms with E-state index < -0.39 is 21.9 Å². The molecule has 0 radical (unpaired) electrons. The number of thiophene rings is 1. The Morgan fingerprint density at radius 3 is 2.44 bits per heavy atom. The maximum atomic E-state index is 12.9. The van der Waals surface area contributed by atoms with E-state index in [2.05, 4.69) is 21.9 Å². The smallest absolute Gasteiger partial charge is 0.341 e. The fraction of sp³-hybridized carbons (Fsp3) is 0.250. The predicted octanol–water partition coefficient (Wildman–Crippen LogP) is 3.97. The van der Waals surface area contributed by atoms with Crippen LogP contribution in [0.25, 0.3) is 0 Å². The highest BCUT2D eigenvalue weighted by atomic mass is 32.2. The van der Waals surface area contributed by atoms with E-state index in [1.54, 1.807) is 18.2 Å².